The second-order valence-corrected chi connectivity index (χ2v) is 5.73. The van der Waals surface area contributed by atoms with Crippen molar-refractivity contribution in [1.82, 2.24) is 9.97 Å². The van der Waals surface area contributed by atoms with Crippen LogP contribution in [0.15, 0.2) is 60.8 Å². The summed E-state index contributed by atoms with van der Waals surface area (Å²) in [5.41, 5.74) is 1.71. The first kappa shape index (κ1) is 15.6. The number of benzene rings is 2. The van der Waals surface area contributed by atoms with Crippen molar-refractivity contribution in [2.24, 2.45) is 0 Å². The molecule has 0 saturated heterocycles. The zero-order valence-corrected chi connectivity index (χ0v) is 13.9. The zero-order chi connectivity index (χ0) is 16.2. The minimum atomic E-state index is 0.575. The molecule has 0 aliphatic rings. The van der Waals surface area contributed by atoms with Crippen LogP contribution in [0.1, 0.15) is 0 Å². The van der Waals surface area contributed by atoms with Crippen molar-refractivity contribution >= 4 is 46.3 Å². The molecule has 2 aromatic carbocycles. The molecule has 4 nitrogen and oxygen atoms in total. The third-order valence-electron chi connectivity index (χ3n) is 3.28. The van der Waals surface area contributed by atoms with Gasteiger partial charge in [-0.25, -0.2) is 4.98 Å². The maximum absolute atomic E-state index is 6.17. The van der Waals surface area contributed by atoms with E-state index < -0.39 is 0 Å². The number of halogens is 2. The van der Waals surface area contributed by atoms with Crippen LogP contribution >= 0.6 is 23.2 Å². The minimum Gasteiger partial charge on any atom is -0.339 e. The van der Waals surface area contributed by atoms with E-state index in [1.165, 1.54) is 0 Å². The fourth-order valence-corrected chi connectivity index (χ4v) is 2.41. The smallest absolute Gasteiger partial charge is 0.231 e. The van der Waals surface area contributed by atoms with Gasteiger partial charge in [0.25, 0.3) is 0 Å². The molecule has 0 bridgehead atoms. The fraction of sp³-hybridized carbons (Fsp3) is 0.0588. The van der Waals surface area contributed by atoms with E-state index in [-0.39, 0.29) is 0 Å². The normalized spacial score (nSPS) is 10.4. The first-order valence-corrected chi connectivity index (χ1v) is 7.73. The van der Waals surface area contributed by atoms with Crippen molar-refractivity contribution in [3.8, 4) is 0 Å². The Balaban J connectivity index is 1.87. The van der Waals surface area contributed by atoms with Gasteiger partial charge in [-0.3, -0.25) is 0 Å². The summed E-state index contributed by atoms with van der Waals surface area (Å²) < 4.78 is 0. The van der Waals surface area contributed by atoms with Crippen LogP contribution in [0.2, 0.25) is 10.0 Å². The molecule has 116 valence electrons. The van der Waals surface area contributed by atoms with Crippen LogP contribution in [0.3, 0.4) is 0 Å². The summed E-state index contributed by atoms with van der Waals surface area (Å²) in [6.07, 6.45) is 1.70. The van der Waals surface area contributed by atoms with Crippen molar-refractivity contribution in [3.63, 3.8) is 0 Å². The highest BCUT2D eigenvalue weighted by atomic mass is 35.5. The summed E-state index contributed by atoms with van der Waals surface area (Å²) in [6, 6.07) is 16.9. The Morgan fingerprint density at radius 3 is 2.57 bits per heavy atom. The quantitative estimate of drug-likeness (QED) is 0.697. The predicted molar refractivity (Wildman–Crippen MR) is 96.3 cm³/mol. The number of nitrogens with zero attached hydrogens (tertiary/aromatic N) is 3. The molecule has 1 aromatic heterocycles. The predicted octanol–water partition coefficient (Wildman–Crippen LogP) is 5.29. The molecule has 0 fully saturated rings. The highest BCUT2D eigenvalue weighted by Crippen LogP contribution is 2.28. The Morgan fingerprint density at radius 1 is 1.00 bits per heavy atom. The average molecular weight is 345 g/mol. The number of nitrogens with one attached hydrogen (secondary N) is 1. The lowest BCUT2D eigenvalue weighted by atomic mass is 10.3. The molecule has 3 aromatic rings. The number of aromatic nitrogens is 2. The molecule has 1 heterocycles. The third kappa shape index (κ3) is 3.73. The summed E-state index contributed by atoms with van der Waals surface area (Å²) in [6.45, 7) is 0. The molecule has 3 rings (SSSR count). The monoisotopic (exact) mass is 344 g/mol. The molecule has 0 amide bonds. The van der Waals surface area contributed by atoms with Gasteiger partial charge in [-0.1, -0.05) is 41.4 Å². The maximum atomic E-state index is 6.17. The second-order valence-electron chi connectivity index (χ2n) is 4.89. The molecule has 0 aliphatic carbocycles. The van der Waals surface area contributed by atoms with Crippen molar-refractivity contribution in [3.05, 3.63) is 70.8 Å². The van der Waals surface area contributed by atoms with Crippen LogP contribution in [0.5, 0.6) is 0 Å². The lowest BCUT2D eigenvalue weighted by Gasteiger charge is -2.17. The van der Waals surface area contributed by atoms with Crippen LogP contribution < -0.4 is 10.2 Å². The lowest BCUT2D eigenvalue weighted by molar-refractivity contribution is 1.04. The van der Waals surface area contributed by atoms with Gasteiger partial charge in [0.15, 0.2) is 0 Å². The van der Waals surface area contributed by atoms with Gasteiger partial charge in [0.2, 0.25) is 5.95 Å². The van der Waals surface area contributed by atoms with Gasteiger partial charge >= 0.3 is 0 Å². The molecule has 0 aliphatic heterocycles. The van der Waals surface area contributed by atoms with Crippen molar-refractivity contribution in [2.45, 2.75) is 0 Å². The highest BCUT2D eigenvalue weighted by molar-refractivity contribution is 6.35. The topological polar surface area (TPSA) is 41.1 Å². The molecule has 0 saturated carbocycles. The summed E-state index contributed by atoms with van der Waals surface area (Å²) >= 11 is 12.2. The van der Waals surface area contributed by atoms with Gasteiger partial charge in [-0.2, -0.15) is 4.98 Å². The second kappa shape index (κ2) is 6.86. The largest absolute Gasteiger partial charge is 0.339 e. The van der Waals surface area contributed by atoms with Gasteiger partial charge in [0, 0.05) is 24.0 Å². The van der Waals surface area contributed by atoms with Crippen molar-refractivity contribution in [2.75, 3.05) is 17.3 Å². The fourth-order valence-electron chi connectivity index (χ4n) is 2.08. The highest BCUT2D eigenvalue weighted by Gasteiger charge is 2.08. The first-order chi connectivity index (χ1) is 11.1. The Kier molecular flexibility index (Phi) is 4.65. The third-order valence-corrected chi connectivity index (χ3v) is 3.84. The Morgan fingerprint density at radius 2 is 1.78 bits per heavy atom. The van der Waals surface area contributed by atoms with E-state index in [1.54, 1.807) is 30.5 Å². The van der Waals surface area contributed by atoms with Gasteiger partial charge < -0.3 is 10.2 Å². The summed E-state index contributed by atoms with van der Waals surface area (Å²) in [7, 11) is 1.92. The van der Waals surface area contributed by atoms with E-state index in [1.807, 2.05) is 42.3 Å². The molecule has 6 heteroatoms. The number of hydrogen-bond acceptors (Lipinski definition) is 4. The molecule has 0 radical (unpaired) electrons. The Hall–Kier alpha value is -2.30. The minimum absolute atomic E-state index is 0.575. The van der Waals surface area contributed by atoms with E-state index in [0.717, 1.165) is 5.69 Å². The van der Waals surface area contributed by atoms with Crippen LogP contribution in [-0.2, 0) is 0 Å². The van der Waals surface area contributed by atoms with Crippen LogP contribution in [0.4, 0.5) is 23.1 Å². The van der Waals surface area contributed by atoms with Crippen LogP contribution in [0, 0.1) is 0 Å². The van der Waals surface area contributed by atoms with Crippen molar-refractivity contribution in [1.29, 1.82) is 0 Å². The molecule has 0 spiro atoms. The van der Waals surface area contributed by atoms with Gasteiger partial charge in [-0.05, 0) is 36.4 Å². The molecular weight excluding hydrogens is 331 g/mol. The SMILES string of the molecule is CN(c1ccccc1)c1nccc(Nc2cc(Cl)ccc2Cl)n1. The Bertz CT molecular complexity index is 809. The van der Waals surface area contributed by atoms with Gasteiger partial charge in [-0.15, -0.1) is 0 Å². The first-order valence-electron chi connectivity index (χ1n) is 6.97. The van der Waals surface area contributed by atoms with E-state index >= 15 is 0 Å². The molecule has 23 heavy (non-hydrogen) atoms. The van der Waals surface area contributed by atoms with E-state index in [2.05, 4.69) is 15.3 Å². The van der Waals surface area contributed by atoms with Gasteiger partial charge in [0.05, 0.1) is 10.7 Å². The number of rotatable bonds is 4. The van der Waals surface area contributed by atoms with Crippen molar-refractivity contribution < 1.29 is 0 Å². The molecule has 0 atom stereocenters. The Labute approximate surface area is 144 Å². The molecule has 0 unspecified atom stereocenters. The number of para-hydroxylation sites is 1. The standard InChI is InChI=1S/C17H14Cl2N4/c1-23(13-5-3-2-4-6-13)17-20-10-9-16(22-17)21-15-11-12(18)7-8-14(15)19/h2-11H,1H3,(H,20,21,22). The summed E-state index contributed by atoms with van der Waals surface area (Å²) in [5, 5.41) is 4.34. The van der Waals surface area contributed by atoms with Gasteiger partial charge in [0.1, 0.15) is 5.82 Å². The summed E-state index contributed by atoms with van der Waals surface area (Å²) in [4.78, 5) is 10.7. The average Bonchev–Trinajstić information content (AvgIpc) is 2.58. The number of hydrogen-bond donors (Lipinski definition) is 1. The maximum Gasteiger partial charge on any atom is 0.231 e. The summed E-state index contributed by atoms with van der Waals surface area (Å²) in [5.74, 6) is 1.22. The molecular formula is C17H14Cl2N4. The van der Waals surface area contributed by atoms with E-state index in [9.17, 15) is 0 Å². The lowest BCUT2D eigenvalue weighted by Crippen LogP contribution is -2.13. The van der Waals surface area contributed by atoms with Crippen LogP contribution in [-0.4, -0.2) is 17.0 Å². The zero-order valence-electron chi connectivity index (χ0n) is 12.4. The van der Waals surface area contributed by atoms with E-state index in [0.29, 0.717) is 27.5 Å². The van der Waals surface area contributed by atoms with Crippen LogP contribution in [0.25, 0.3) is 0 Å². The number of anilines is 4. The molecule has 1 N–H and O–H groups in total. The van der Waals surface area contributed by atoms with E-state index in [4.69, 9.17) is 23.2 Å².